The Bertz CT molecular complexity index is 634. The van der Waals surface area contributed by atoms with Crippen LogP contribution in [0, 0.1) is 0 Å². The first-order chi connectivity index (χ1) is 8.95. The molecule has 8 heteroatoms. The van der Waals surface area contributed by atoms with Gasteiger partial charge in [-0.05, 0) is 28.1 Å². The largest absolute Gasteiger partial charge is 0.355 e. The molecule has 0 bridgehead atoms. The summed E-state index contributed by atoms with van der Waals surface area (Å²) >= 11 is 21.4. The second kappa shape index (κ2) is 5.71. The van der Waals surface area contributed by atoms with E-state index in [4.69, 9.17) is 34.8 Å². The molecule has 19 heavy (non-hydrogen) atoms. The van der Waals surface area contributed by atoms with Gasteiger partial charge in [0.25, 0.3) is 5.91 Å². The molecule has 100 valence electrons. The highest BCUT2D eigenvalue weighted by molar-refractivity contribution is 9.10. The van der Waals surface area contributed by atoms with Crippen LogP contribution in [0.25, 0.3) is 5.69 Å². The van der Waals surface area contributed by atoms with Crippen LogP contribution in [-0.2, 0) is 0 Å². The maximum Gasteiger partial charge on any atom is 0.255 e. The lowest BCUT2D eigenvalue weighted by molar-refractivity contribution is 0.0962. The second-order valence-electron chi connectivity index (χ2n) is 3.56. The molecule has 2 rings (SSSR count). The van der Waals surface area contributed by atoms with E-state index in [0.29, 0.717) is 30.9 Å². The number of hydrogen-bond acceptors (Lipinski definition) is 2. The SMILES string of the molecule is CNC(=O)c1cnn(-c2c(Cl)cc(Cl)cc2Cl)c1Br. The van der Waals surface area contributed by atoms with Crippen molar-refractivity contribution in [3.63, 3.8) is 0 Å². The van der Waals surface area contributed by atoms with Crippen LogP contribution in [0.15, 0.2) is 22.9 Å². The van der Waals surface area contributed by atoms with Crippen LogP contribution in [0.3, 0.4) is 0 Å². The number of benzene rings is 1. The number of amides is 1. The number of aromatic nitrogens is 2. The van der Waals surface area contributed by atoms with Crippen LogP contribution in [0.5, 0.6) is 0 Å². The van der Waals surface area contributed by atoms with Gasteiger partial charge in [0.2, 0.25) is 0 Å². The van der Waals surface area contributed by atoms with E-state index in [1.165, 1.54) is 17.9 Å². The molecule has 1 aromatic heterocycles. The molecule has 0 aliphatic heterocycles. The molecule has 0 aliphatic carbocycles. The van der Waals surface area contributed by atoms with Crippen molar-refractivity contribution in [2.75, 3.05) is 7.05 Å². The number of rotatable bonds is 2. The van der Waals surface area contributed by atoms with Crippen molar-refractivity contribution in [1.29, 1.82) is 0 Å². The van der Waals surface area contributed by atoms with Gasteiger partial charge in [-0.25, -0.2) is 4.68 Å². The molecule has 1 amide bonds. The number of nitrogens with zero attached hydrogens (tertiary/aromatic N) is 2. The highest BCUT2D eigenvalue weighted by Gasteiger charge is 2.19. The van der Waals surface area contributed by atoms with Gasteiger partial charge in [0, 0.05) is 12.1 Å². The minimum Gasteiger partial charge on any atom is -0.355 e. The van der Waals surface area contributed by atoms with Crippen LogP contribution >= 0.6 is 50.7 Å². The lowest BCUT2D eigenvalue weighted by Gasteiger charge is -2.09. The van der Waals surface area contributed by atoms with Crippen molar-refractivity contribution >= 4 is 56.6 Å². The van der Waals surface area contributed by atoms with Crippen molar-refractivity contribution < 1.29 is 4.79 Å². The molecular weight excluding hydrogens is 376 g/mol. The van der Waals surface area contributed by atoms with Gasteiger partial charge < -0.3 is 5.32 Å². The highest BCUT2D eigenvalue weighted by atomic mass is 79.9. The van der Waals surface area contributed by atoms with Crippen molar-refractivity contribution in [3.05, 3.63) is 43.6 Å². The zero-order chi connectivity index (χ0) is 14.2. The highest BCUT2D eigenvalue weighted by Crippen LogP contribution is 2.34. The summed E-state index contributed by atoms with van der Waals surface area (Å²) in [6.07, 6.45) is 1.42. The van der Waals surface area contributed by atoms with Crippen LogP contribution in [-0.4, -0.2) is 22.7 Å². The van der Waals surface area contributed by atoms with E-state index >= 15 is 0 Å². The Morgan fingerprint density at radius 1 is 1.32 bits per heavy atom. The summed E-state index contributed by atoms with van der Waals surface area (Å²) in [5.41, 5.74) is 0.833. The number of hydrogen-bond donors (Lipinski definition) is 1. The van der Waals surface area contributed by atoms with Crippen LogP contribution < -0.4 is 5.32 Å². The first-order valence-corrected chi connectivity index (χ1v) is 6.99. The average molecular weight is 383 g/mol. The topological polar surface area (TPSA) is 46.9 Å². The molecule has 1 aromatic carbocycles. The summed E-state index contributed by atoms with van der Waals surface area (Å²) in [6.45, 7) is 0. The standard InChI is InChI=1S/C11H7BrCl3N3O/c1-16-11(19)6-4-17-18(10(6)12)9-7(14)2-5(13)3-8(9)15/h2-4H,1H3,(H,16,19). The van der Waals surface area contributed by atoms with Crippen LogP contribution in [0.2, 0.25) is 15.1 Å². The van der Waals surface area contributed by atoms with Gasteiger partial charge in [0.15, 0.2) is 0 Å². The molecule has 0 unspecified atom stereocenters. The maximum atomic E-state index is 11.6. The lowest BCUT2D eigenvalue weighted by Crippen LogP contribution is -2.17. The first-order valence-electron chi connectivity index (χ1n) is 5.06. The quantitative estimate of drug-likeness (QED) is 0.853. The Morgan fingerprint density at radius 3 is 2.42 bits per heavy atom. The molecule has 0 atom stereocenters. The molecular formula is C11H7BrCl3N3O. The molecule has 0 saturated heterocycles. The minimum absolute atomic E-state index is 0.265. The molecule has 2 aromatic rings. The molecule has 0 radical (unpaired) electrons. The van der Waals surface area contributed by atoms with E-state index in [9.17, 15) is 4.79 Å². The fourth-order valence-corrected chi connectivity index (χ4v) is 3.04. The summed E-state index contributed by atoms with van der Waals surface area (Å²) in [5, 5.41) is 7.72. The van der Waals surface area contributed by atoms with E-state index < -0.39 is 0 Å². The van der Waals surface area contributed by atoms with Gasteiger partial charge in [-0.1, -0.05) is 34.8 Å². The Morgan fingerprint density at radius 2 is 1.89 bits per heavy atom. The van der Waals surface area contributed by atoms with Gasteiger partial charge in [-0.2, -0.15) is 5.10 Å². The maximum absolute atomic E-state index is 11.6. The average Bonchev–Trinajstić information content (AvgIpc) is 2.69. The Labute approximate surface area is 132 Å². The normalized spacial score (nSPS) is 10.6. The third kappa shape index (κ3) is 2.74. The third-order valence-corrected chi connectivity index (χ3v) is 3.93. The van der Waals surface area contributed by atoms with Crippen molar-refractivity contribution in [1.82, 2.24) is 15.1 Å². The predicted octanol–water partition coefficient (Wildman–Crippen LogP) is 3.95. The van der Waals surface area contributed by atoms with Gasteiger partial charge in [-0.15, -0.1) is 0 Å². The fourth-order valence-electron chi connectivity index (χ4n) is 1.51. The van der Waals surface area contributed by atoms with E-state index in [1.807, 2.05) is 0 Å². The monoisotopic (exact) mass is 381 g/mol. The minimum atomic E-state index is -0.265. The number of carbonyl (C=O) groups excluding carboxylic acids is 1. The molecule has 0 aliphatic rings. The molecule has 1 heterocycles. The first kappa shape index (κ1) is 14.7. The van der Waals surface area contributed by atoms with Crippen molar-refractivity contribution in [2.24, 2.45) is 0 Å². The van der Waals surface area contributed by atoms with Gasteiger partial charge >= 0.3 is 0 Å². The van der Waals surface area contributed by atoms with E-state index in [-0.39, 0.29) is 5.91 Å². The Hall–Kier alpha value is -0.750. The summed E-state index contributed by atoms with van der Waals surface area (Å²) in [5.74, 6) is -0.265. The molecule has 0 spiro atoms. The third-order valence-electron chi connectivity index (χ3n) is 2.38. The fraction of sp³-hybridized carbons (Fsp3) is 0.0909. The Kier molecular flexibility index (Phi) is 4.40. The zero-order valence-electron chi connectivity index (χ0n) is 9.55. The number of carbonyl (C=O) groups is 1. The summed E-state index contributed by atoms with van der Waals surface area (Å²) in [7, 11) is 1.54. The van der Waals surface area contributed by atoms with Gasteiger partial charge in [-0.3, -0.25) is 4.79 Å². The van der Waals surface area contributed by atoms with E-state index in [1.54, 1.807) is 12.1 Å². The predicted molar refractivity (Wildman–Crippen MR) is 79.7 cm³/mol. The summed E-state index contributed by atoms with van der Waals surface area (Å²) < 4.78 is 1.89. The van der Waals surface area contributed by atoms with Crippen molar-refractivity contribution in [2.45, 2.75) is 0 Å². The summed E-state index contributed by atoms with van der Waals surface area (Å²) in [4.78, 5) is 11.6. The van der Waals surface area contributed by atoms with Crippen molar-refractivity contribution in [3.8, 4) is 5.69 Å². The number of halogens is 4. The molecule has 0 saturated carbocycles. The van der Waals surface area contributed by atoms with Crippen LogP contribution in [0.1, 0.15) is 10.4 Å². The lowest BCUT2D eigenvalue weighted by atomic mass is 10.3. The Balaban J connectivity index is 2.61. The second-order valence-corrected chi connectivity index (χ2v) is 5.56. The molecule has 4 nitrogen and oxygen atoms in total. The van der Waals surface area contributed by atoms with E-state index in [0.717, 1.165) is 0 Å². The molecule has 1 N–H and O–H groups in total. The summed E-state index contributed by atoms with van der Waals surface area (Å²) in [6, 6.07) is 3.11. The smallest absolute Gasteiger partial charge is 0.255 e. The van der Waals surface area contributed by atoms with E-state index in [2.05, 4.69) is 26.3 Å². The van der Waals surface area contributed by atoms with Gasteiger partial charge in [0.05, 0.1) is 21.8 Å². The number of nitrogens with one attached hydrogen (secondary N) is 1. The molecule has 0 fully saturated rings. The van der Waals surface area contributed by atoms with Crippen LogP contribution in [0.4, 0.5) is 0 Å². The zero-order valence-corrected chi connectivity index (χ0v) is 13.4. The van der Waals surface area contributed by atoms with Gasteiger partial charge in [0.1, 0.15) is 10.3 Å².